The molecule has 4 saturated carbocycles. The predicted octanol–water partition coefficient (Wildman–Crippen LogP) is 5.89. The van der Waals surface area contributed by atoms with Gasteiger partial charge in [0.25, 0.3) is 0 Å². The van der Waals surface area contributed by atoms with Crippen molar-refractivity contribution in [2.75, 3.05) is 0 Å². The molecule has 3 heteroatoms. The van der Waals surface area contributed by atoms with Gasteiger partial charge in [0.2, 0.25) is 0 Å². The molecular formula is C26H29FN2. The summed E-state index contributed by atoms with van der Waals surface area (Å²) in [5.74, 6) is 2.72. The van der Waals surface area contributed by atoms with Crippen molar-refractivity contribution in [3.63, 3.8) is 0 Å². The van der Waals surface area contributed by atoms with Crippen LogP contribution in [0.15, 0.2) is 54.7 Å². The topological polar surface area (TPSA) is 17.0 Å². The van der Waals surface area contributed by atoms with E-state index in [1.807, 2.05) is 12.1 Å². The second-order valence-corrected chi connectivity index (χ2v) is 9.98. The summed E-state index contributed by atoms with van der Waals surface area (Å²) in [6.07, 6.45) is 10.9. The molecule has 7 rings (SSSR count). The molecule has 2 aromatic carbocycles. The van der Waals surface area contributed by atoms with Crippen LogP contribution in [0.5, 0.6) is 0 Å². The number of halogens is 1. The van der Waals surface area contributed by atoms with Gasteiger partial charge in [-0.2, -0.15) is 0 Å². The smallest absolute Gasteiger partial charge is 0.123 e. The van der Waals surface area contributed by atoms with Crippen molar-refractivity contribution in [1.29, 1.82) is 0 Å². The molecule has 4 fully saturated rings. The van der Waals surface area contributed by atoms with E-state index in [0.717, 1.165) is 36.4 Å². The first-order valence-electron chi connectivity index (χ1n) is 11.2. The van der Waals surface area contributed by atoms with Gasteiger partial charge in [-0.25, -0.2) is 4.39 Å². The molecule has 4 aliphatic rings. The zero-order valence-electron chi connectivity index (χ0n) is 16.9. The van der Waals surface area contributed by atoms with Gasteiger partial charge < -0.3 is 9.88 Å². The number of hydrogen-bond acceptors (Lipinski definition) is 1. The van der Waals surface area contributed by atoms with E-state index < -0.39 is 0 Å². The zero-order chi connectivity index (χ0) is 19.4. The van der Waals surface area contributed by atoms with Crippen molar-refractivity contribution in [2.24, 2.45) is 17.8 Å². The quantitative estimate of drug-likeness (QED) is 0.577. The normalized spacial score (nSPS) is 30.3. The molecule has 0 spiro atoms. The van der Waals surface area contributed by atoms with E-state index in [9.17, 15) is 4.39 Å². The third-order valence-electron chi connectivity index (χ3n) is 7.83. The van der Waals surface area contributed by atoms with Gasteiger partial charge >= 0.3 is 0 Å². The lowest BCUT2D eigenvalue weighted by Gasteiger charge is -2.57. The van der Waals surface area contributed by atoms with Gasteiger partial charge in [0, 0.05) is 35.7 Å². The molecule has 3 aromatic rings. The lowest BCUT2D eigenvalue weighted by Crippen LogP contribution is -2.58. The van der Waals surface area contributed by atoms with Gasteiger partial charge in [-0.05, 0) is 85.6 Å². The summed E-state index contributed by atoms with van der Waals surface area (Å²) in [7, 11) is 0. The Hall–Kier alpha value is -2.13. The first kappa shape index (κ1) is 17.7. The van der Waals surface area contributed by atoms with Gasteiger partial charge in [0.05, 0.1) is 0 Å². The Bertz CT molecular complexity index is 997. The summed E-state index contributed by atoms with van der Waals surface area (Å²) in [5.41, 5.74) is 4.17. The number of para-hydroxylation sites is 1. The summed E-state index contributed by atoms with van der Waals surface area (Å²) in [4.78, 5) is 0. The van der Waals surface area contributed by atoms with Crippen molar-refractivity contribution in [1.82, 2.24) is 9.88 Å². The lowest BCUT2D eigenvalue weighted by molar-refractivity contribution is -0.0205. The Morgan fingerprint density at radius 2 is 1.55 bits per heavy atom. The minimum atomic E-state index is -0.174. The van der Waals surface area contributed by atoms with Crippen molar-refractivity contribution in [3.8, 4) is 0 Å². The molecular weight excluding hydrogens is 359 g/mol. The Balaban J connectivity index is 1.26. The number of aromatic nitrogens is 1. The van der Waals surface area contributed by atoms with E-state index in [4.69, 9.17) is 0 Å². The number of hydrogen-bond donors (Lipinski definition) is 1. The van der Waals surface area contributed by atoms with Gasteiger partial charge in [0.15, 0.2) is 0 Å². The molecule has 150 valence electrons. The SMILES string of the molecule is Fc1ccc(Cn2cc(CNC34CC5CC(CC(C5)C3)C4)c3ccccc32)cc1. The van der Waals surface area contributed by atoms with Gasteiger partial charge in [0.1, 0.15) is 5.82 Å². The fourth-order valence-electron chi connectivity index (χ4n) is 6.99. The zero-order valence-corrected chi connectivity index (χ0v) is 16.9. The second kappa shape index (κ2) is 6.70. The number of benzene rings is 2. The minimum absolute atomic E-state index is 0.174. The molecule has 0 radical (unpaired) electrons. The number of fused-ring (bicyclic) bond motifs is 1. The number of nitrogens with zero attached hydrogens (tertiary/aromatic N) is 1. The third kappa shape index (κ3) is 3.20. The average Bonchev–Trinajstić information content (AvgIpc) is 3.05. The average molecular weight is 389 g/mol. The van der Waals surface area contributed by atoms with Crippen LogP contribution in [0.2, 0.25) is 0 Å². The van der Waals surface area contributed by atoms with E-state index >= 15 is 0 Å². The van der Waals surface area contributed by atoms with Crippen LogP contribution in [0.3, 0.4) is 0 Å². The highest BCUT2D eigenvalue weighted by atomic mass is 19.1. The molecule has 4 bridgehead atoms. The van der Waals surface area contributed by atoms with Crippen molar-refractivity contribution < 1.29 is 4.39 Å². The molecule has 0 atom stereocenters. The first-order valence-corrected chi connectivity index (χ1v) is 11.2. The van der Waals surface area contributed by atoms with E-state index in [-0.39, 0.29) is 5.82 Å². The second-order valence-electron chi connectivity index (χ2n) is 9.98. The summed E-state index contributed by atoms with van der Waals surface area (Å²) in [6.45, 7) is 1.72. The maximum absolute atomic E-state index is 13.3. The number of nitrogens with one attached hydrogen (secondary N) is 1. The Kier molecular flexibility index (Phi) is 4.09. The standard InChI is InChI=1S/C26H29FN2/c27-23-7-5-18(6-8-23)16-29-17-22(24-3-1-2-4-25(24)29)15-28-26-12-19-9-20(13-26)11-21(10-19)14-26/h1-8,17,19-21,28H,9-16H2. The van der Waals surface area contributed by atoms with Crippen LogP contribution in [0.25, 0.3) is 10.9 Å². The van der Waals surface area contributed by atoms with Crippen LogP contribution in [-0.4, -0.2) is 10.1 Å². The molecule has 1 N–H and O–H groups in total. The summed E-state index contributed by atoms with van der Waals surface area (Å²) in [6, 6.07) is 15.6. The number of rotatable bonds is 5. The monoisotopic (exact) mass is 388 g/mol. The molecule has 1 heterocycles. The van der Waals surface area contributed by atoms with Crippen LogP contribution < -0.4 is 5.32 Å². The van der Waals surface area contributed by atoms with Crippen molar-refractivity contribution in [2.45, 2.75) is 57.2 Å². The van der Waals surface area contributed by atoms with E-state index in [2.05, 4.69) is 40.3 Å². The molecule has 0 aliphatic heterocycles. The Morgan fingerprint density at radius 1 is 0.897 bits per heavy atom. The summed E-state index contributed by atoms with van der Waals surface area (Å²) < 4.78 is 15.6. The molecule has 0 amide bonds. The van der Waals surface area contributed by atoms with Gasteiger partial charge in [-0.1, -0.05) is 30.3 Å². The molecule has 1 aromatic heterocycles. The maximum atomic E-state index is 13.3. The fourth-order valence-corrected chi connectivity index (χ4v) is 6.99. The Labute approximate surface area is 172 Å². The fraction of sp³-hybridized carbons (Fsp3) is 0.462. The molecule has 0 unspecified atom stereocenters. The lowest BCUT2D eigenvalue weighted by atomic mass is 9.53. The van der Waals surface area contributed by atoms with Crippen molar-refractivity contribution in [3.05, 3.63) is 71.7 Å². The van der Waals surface area contributed by atoms with Gasteiger partial charge in [-0.15, -0.1) is 0 Å². The van der Waals surface area contributed by atoms with E-state index in [1.165, 1.54) is 55.0 Å². The van der Waals surface area contributed by atoms with E-state index in [0.29, 0.717) is 5.54 Å². The highest BCUT2D eigenvalue weighted by Crippen LogP contribution is 2.55. The predicted molar refractivity (Wildman–Crippen MR) is 115 cm³/mol. The highest BCUT2D eigenvalue weighted by molar-refractivity contribution is 5.84. The van der Waals surface area contributed by atoms with Crippen LogP contribution in [0.4, 0.5) is 4.39 Å². The first-order chi connectivity index (χ1) is 14.2. The molecule has 4 aliphatic carbocycles. The van der Waals surface area contributed by atoms with Crippen LogP contribution >= 0.6 is 0 Å². The van der Waals surface area contributed by atoms with Gasteiger partial charge in [-0.3, -0.25) is 0 Å². The van der Waals surface area contributed by atoms with E-state index in [1.54, 1.807) is 12.1 Å². The van der Waals surface area contributed by atoms with Crippen LogP contribution in [0, 0.1) is 23.6 Å². The third-order valence-corrected chi connectivity index (χ3v) is 7.83. The molecule has 0 saturated heterocycles. The Morgan fingerprint density at radius 3 is 2.24 bits per heavy atom. The molecule has 29 heavy (non-hydrogen) atoms. The summed E-state index contributed by atoms with van der Waals surface area (Å²) in [5, 5.41) is 5.40. The maximum Gasteiger partial charge on any atom is 0.123 e. The largest absolute Gasteiger partial charge is 0.343 e. The highest BCUT2D eigenvalue weighted by Gasteiger charge is 2.50. The van der Waals surface area contributed by atoms with Crippen molar-refractivity contribution >= 4 is 10.9 Å². The van der Waals surface area contributed by atoms with Crippen LogP contribution in [-0.2, 0) is 13.1 Å². The van der Waals surface area contributed by atoms with Crippen LogP contribution in [0.1, 0.15) is 49.7 Å². The molecule has 2 nitrogen and oxygen atoms in total. The minimum Gasteiger partial charge on any atom is -0.343 e. The summed E-state index contributed by atoms with van der Waals surface area (Å²) >= 11 is 0.